The number of sulfonamides is 1. The van der Waals surface area contributed by atoms with Gasteiger partial charge in [0.2, 0.25) is 10.0 Å². The third-order valence-electron chi connectivity index (χ3n) is 3.33. The van der Waals surface area contributed by atoms with Gasteiger partial charge in [-0.15, -0.1) is 12.4 Å². The van der Waals surface area contributed by atoms with E-state index in [1.54, 1.807) is 18.2 Å². The molecule has 7 heteroatoms. The number of benzene rings is 1. The van der Waals surface area contributed by atoms with Crippen LogP contribution in [0.3, 0.4) is 0 Å². The van der Waals surface area contributed by atoms with Gasteiger partial charge in [-0.2, -0.15) is 4.31 Å². The van der Waals surface area contributed by atoms with Crippen LogP contribution < -0.4 is 10.5 Å². The third-order valence-corrected chi connectivity index (χ3v) is 5.20. The van der Waals surface area contributed by atoms with Crippen molar-refractivity contribution in [3.05, 3.63) is 23.8 Å². The molecule has 2 N–H and O–H groups in total. The fraction of sp³-hybridized carbons (Fsp3) is 0.571. The summed E-state index contributed by atoms with van der Waals surface area (Å²) in [6.07, 6.45) is 0.778. The molecule has 0 unspecified atom stereocenters. The van der Waals surface area contributed by atoms with Gasteiger partial charge in [0, 0.05) is 19.1 Å². The van der Waals surface area contributed by atoms with Crippen LogP contribution >= 0.6 is 12.4 Å². The molecule has 1 saturated heterocycles. The summed E-state index contributed by atoms with van der Waals surface area (Å²) in [6, 6.07) is 4.92. The number of nitrogens with two attached hydrogens (primary N) is 1. The van der Waals surface area contributed by atoms with Gasteiger partial charge < -0.3 is 10.5 Å². The van der Waals surface area contributed by atoms with Crippen molar-refractivity contribution >= 4 is 22.4 Å². The summed E-state index contributed by atoms with van der Waals surface area (Å²) in [7, 11) is -3.44. The van der Waals surface area contributed by atoms with Crippen LogP contribution in [0.15, 0.2) is 23.1 Å². The van der Waals surface area contributed by atoms with E-state index in [4.69, 9.17) is 10.5 Å². The molecule has 1 heterocycles. The lowest BCUT2D eigenvalue weighted by Gasteiger charge is -2.18. The summed E-state index contributed by atoms with van der Waals surface area (Å²) < 4.78 is 32.1. The molecular weight excluding hydrogens is 312 g/mol. The monoisotopic (exact) mass is 334 g/mol. The minimum Gasteiger partial charge on any atom is -0.491 e. The van der Waals surface area contributed by atoms with E-state index in [0.29, 0.717) is 24.4 Å². The fourth-order valence-corrected chi connectivity index (χ4v) is 3.89. The Morgan fingerprint density at radius 1 is 1.38 bits per heavy atom. The van der Waals surface area contributed by atoms with Crippen LogP contribution in [-0.4, -0.2) is 38.0 Å². The first kappa shape index (κ1) is 18.2. The Morgan fingerprint density at radius 3 is 2.52 bits per heavy atom. The molecule has 1 aromatic carbocycles. The zero-order chi connectivity index (χ0) is 14.9. The number of aryl methyl sites for hydroxylation is 1. The largest absolute Gasteiger partial charge is 0.491 e. The summed E-state index contributed by atoms with van der Waals surface area (Å²) in [5.41, 5.74) is 6.61. The molecule has 0 bridgehead atoms. The van der Waals surface area contributed by atoms with E-state index >= 15 is 0 Å². The molecule has 120 valence electrons. The molecule has 1 aliphatic rings. The zero-order valence-corrected chi connectivity index (χ0v) is 14.2. The molecule has 0 spiro atoms. The maximum atomic E-state index is 12.5. The molecule has 0 aliphatic carbocycles. The van der Waals surface area contributed by atoms with E-state index in [2.05, 4.69) is 0 Å². The molecule has 0 saturated carbocycles. The maximum Gasteiger partial charge on any atom is 0.243 e. The Labute approximate surface area is 132 Å². The highest BCUT2D eigenvalue weighted by Gasteiger charge is 2.31. The second-order valence-electron chi connectivity index (χ2n) is 5.51. The van der Waals surface area contributed by atoms with Gasteiger partial charge >= 0.3 is 0 Å². The van der Waals surface area contributed by atoms with Gasteiger partial charge in [-0.25, -0.2) is 8.42 Å². The van der Waals surface area contributed by atoms with Gasteiger partial charge in [-0.3, -0.25) is 0 Å². The number of rotatable bonds is 4. The Bertz CT molecular complexity index is 590. The van der Waals surface area contributed by atoms with E-state index in [1.807, 2.05) is 20.8 Å². The average molecular weight is 335 g/mol. The smallest absolute Gasteiger partial charge is 0.243 e. The van der Waals surface area contributed by atoms with Crippen molar-refractivity contribution in [2.75, 3.05) is 13.1 Å². The maximum absolute atomic E-state index is 12.5. The van der Waals surface area contributed by atoms with E-state index in [-0.39, 0.29) is 24.6 Å². The summed E-state index contributed by atoms with van der Waals surface area (Å²) >= 11 is 0. The predicted molar refractivity (Wildman–Crippen MR) is 85.5 cm³/mol. The van der Waals surface area contributed by atoms with Crippen molar-refractivity contribution in [2.45, 2.75) is 44.2 Å². The molecule has 0 aromatic heterocycles. The second kappa shape index (κ2) is 6.96. The Kier molecular flexibility index (Phi) is 6.04. The first-order valence-electron chi connectivity index (χ1n) is 6.83. The highest BCUT2D eigenvalue weighted by atomic mass is 35.5. The molecule has 1 aliphatic heterocycles. The molecule has 5 nitrogen and oxygen atoms in total. The average Bonchev–Trinajstić information content (AvgIpc) is 2.78. The van der Waals surface area contributed by atoms with Crippen LogP contribution in [0.25, 0.3) is 0 Å². The lowest BCUT2D eigenvalue weighted by atomic mass is 10.2. The van der Waals surface area contributed by atoms with Crippen LogP contribution in [-0.2, 0) is 10.0 Å². The van der Waals surface area contributed by atoms with Gasteiger partial charge in [0.1, 0.15) is 5.75 Å². The van der Waals surface area contributed by atoms with Crippen molar-refractivity contribution in [1.82, 2.24) is 4.31 Å². The highest BCUT2D eigenvalue weighted by Crippen LogP contribution is 2.26. The van der Waals surface area contributed by atoms with Crippen molar-refractivity contribution in [3.8, 4) is 5.75 Å². The lowest BCUT2D eigenvalue weighted by Crippen LogP contribution is -2.32. The Morgan fingerprint density at radius 2 is 2.05 bits per heavy atom. The molecule has 0 radical (unpaired) electrons. The Hall–Kier alpha value is -0.820. The van der Waals surface area contributed by atoms with Crippen molar-refractivity contribution in [2.24, 2.45) is 5.73 Å². The molecule has 2 rings (SSSR count). The summed E-state index contributed by atoms with van der Waals surface area (Å²) in [5.74, 6) is 0.720. The Balaban J connectivity index is 0.00000220. The minimum atomic E-state index is -3.44. The topological polar surface area (TPSA) is 72.6 Å². The van der Waals surface area contributed by atoms with Gasteiger partial charge in [-0.05, 0) is 51.0 Å². The number of hydrogen-bond donors (Lipinski definition) is 1. The SMILES string of the molecule is Cc1cc(S(=O)(=O)N2CC[C@H](N)C2)ccc1OC(C)C.Cl. The van der Waals surface area contributed by atoms with Crippen molar-refractivity contribution in [1.29, 1.82) is 0 Å². The van der Waals surface area contributed by atoms with E-state index in [0.717, 1.165) is 11.3 Å². The van der Waals surface area contributed by atoms with Crippen LogP contribution in [0.5, 0.6) is 5.75 Å². The van der Waals surface area contributed by atoms with Gasteiger partial charge in [0.25, 0.3) is 0 Å². The predicted octanol–water partition coefficient (Wildman–Crippen LogP) is 1.93. The highest BCUT2D eigenvalue weighted by molar-refractivity contribution is 7.89. The first-order chi connectivity index (χ1) is 9.30. The number of ether oxygens (including phenoxy) is 1. The molecule has 0 amide bonds. The summed E-state index contributed by atoms with van der Waals surface area (Å²) in [6.45, 7) is 6.62. The van der Waals surface area contributed by atoms with Crippen molar-refractivity contribution in [3.63, 3.8) is 0 Å². The van der Waals surface area contributed by atoms with Crippen LogP contribution in [0.1, 0.15) is 25.8 Å². The first-order valence-corrected chi connectivity index (χ1v) is 8.27. The van der Waals surface area contributed by atoms with Gasteiger partial charge in [0.15, 0.2) is 0 Å². The minimum absolute atomic E-state index is 0. The van der Waals surface area contributed by atoms with Crippen molar-refractivity contribution < 1.29 is 13.2 Å². The molecule has 1 aromatic rings. The van der Waals surface area contributed by atoms with Crippen LogP contribution in [0.4, 0.5) is 0 Å². The van der Waals surface area contributed by atoms with Crippen LogP contribution in [0.2, 0.25) is 0 Å². The van der Waals surface area contributed by atoms with E-state index in [9.17, 15) is 8.42 Å². The standard InChI is InChI=1S/C14H22N2O3S.ClH/c1-10(2)19-14-5-4-13(8-11(14)3)20(17,18)16-7-6-12(15)9-16;/h4-5,8,10,12H,6-7,9,15H2,1-3H3;1H/t12-;/m0./s1. The lowest BCUT2D eigenvalue weighted by molar-refractivity contribution is 0.240. The second-order valence-corrected chi connectivity index (χ2v) is 7.44. The van der Waals surface area contributed by atoms with Gasteiger partial charge in [0.05, 0.1) is 11.0 Å². The molecule has 1 fully saturated rings. The zero-order valence-electron chi connectivity index (χ0n) is 12.6. The van der Waals surface area contributed by atoms with Crippen LogP contribution in [0, 0.1) is 6.92 Å². The molecular formula is C14H23ClN2O3S. The summed E-state index contributed by atoms with van der Waals surface area (Å²) in [4.78, 5) is 0.306. The number of hydrogen-bond acceptors (Lipinski definition) is 4. The van der Waals surface area contributed by atoms with E-state index in [1.165, 1.54) is 4.31 Å². The van der Waals surface area contributed by atoms with E-state index < -0.39 is 10.0 Å². The summed E-state index contributed by atoms with van der Waals surface area (Å²) in [5, 5.41) is 0. The third kappa shape index (κ3) is 4.10. The van der Waals surface area contributed by atoms with Gasteiger partial charge in [-0.1, -0.05) is 0 Å². The fourth-order valence-electron chi connectivity index (χ4n) is 2.29. The molecule has 1 atom stereocenters. The molecule has 21 heavy (non-hydrogen) atoms. The number of halogens is 1. The quantitative estimate of drug-likeness (QED) is 0.913. The normalized spacial score (nSPS) is 19.6. The number of nitrogens with zero attached hydrogens (tertiary/aromatic N) is 1.